The fraction of sp³-hybridized carbons (Fsp3) is 0.750. The van der Waals surface area contributed by atoms with Crippen LogP contribution in [0.5, 0.6) is 0 Å². The Kier molecular flexibility index (Phi) is 4.29. The van der Waals surface area contributed by atoms with Crippen LogP contribution in [0.1, 0.15) is 6.42 Å². The minimum absolute atomic E-state index is 0.165. The second-order valence-corrected chi connectivity index (χ2v) is 2.89. The van der Waals surface area contributed by atoms with Crippen LogP contribution in [0.25, 0.3) is 0 Å². The van der Waals surface area contributed by atoms with Gasteiger partial charge in [-0.2, -0.15) is 0 Å². The third-order valence-electron chi connectivity index (χ3n) is 0.793. The zero-order valence-electron chi connectivity index (χ0n) is 5.89. The summed E-state index contributed by atoms with van der Waals surface area (Å²) in [4.78, 5) is 26.6. The predicted octanol–water partition coefficient (Wildman–Crippen LogP) is -0.341. The number of phosphoric acid groups is 1. The van der Waals surface area contributed by atoms with Gasteiger partial charge < -0.3 is 14.5 Å². The van der Waals surface area contributed by atoms with E-state index in [-0.39, 0.29) is 13.0 Å². The second kappa shape index (κ2) is 4.46. The minimum Gasteiger partial charge on any atom is -0.469 e. The van der Waals surface area contributed by atoms with Gasteiger partial charge in [0.15, 0.2) is 0 Å². The molecule has 0 bridgehead atoms. The zero-order valence-corrected chi connectivity index (χ0v) is 6.78. The van der Waals surface area contributed by atoms with Crippen molar-refractivity contribution in [2.45, 2.75) is 6.42 Å². The Morgan fingerprint density at radius 3 is 2.45 bits per heavy atom. The summed E-state index contributed by atoms with van der Waals surface area (Å²) in [6.45, 7) is -0.336. The molecule has 0 rings (SSSR count). The first kappa shape index (κ1) is 10.6. The first-order valence-electron chi connectivity index (χ1n) is 2.72. The fourth-order valence-electron chi connectivity index (χ4n) is 0.350. The van der Waals surface area contributed by atoms with Crippen molar-refractivity contribution in [3.05, 3.63) is 0 Å². The average molecular weight is 184 g/mol. The predicted molar refractivity (Wildman–Crippen MR) is 34.6 cm³/mol. The quantitative estimate of drug-likeness (QED) is 0.458. The largest absolute Gasteiger partial charge is 0.469 e. The molecule has 2 N–H and O–H groups in total. The lowest BCUT2D eigenvalue weighted by Crippen LogP contribution is -2.04. The Morgan fingerprint density at radius 1 is 1.55 bits per heavy atom. The lowest BCUT2D eigenvalue weighted by Gasteiger charge is -2.02. The van der Waals surface area contributed by atoms with Crippen LogP contribution in [0.15, 0.2) is 0 Å². The monoisotopic (exact) mass is 184 g/mol. The molecule has 66 valence electrons. The summed E-state index contributed by atoms with van der Waals surface area (Å²) < 4.78 is 18.2. The maximum Gasteiger partial charge on any atom is 0.469 e. The van der Waals surface area contributed by atoms with Crippen LogP contribution in [0.4, 0.5) is 0 Å². The van der Waals surface area contributed by atoms with E-state index in [1.165, 1.54) is 7.11 Å². The van der Waals surface area contributed by atoms with E-state index < -0.39 is 13.8 Å². The number of carbonyl (C=O) groups is 1. The molecule has 0 aromatic carbocycles. The van der Waals surface area contributed by atoms with Crippen LogP contribution in [0.3, 0.4) is 0 Å². The van der Waals surface area contributed by atoms with E-state index in [1.807, 2.05) is 0 Å². The van der Waals surface area contributed by atoms with Gasteiger partial charge in [0.05, 0.1) is 20.1 Å². The van der Waals surface area contributed by atoms with Crippen molar-refractivity contribution < 1.29 is 28.4 Å². The van der Waals surface area contributed by atoms with Gasteiger partial charge in [-0.3, -0.25) is 9.32 Å². The number of phosphoric ester groups is 1. The van der Waals surface area contributed by atoms with E-state index in [1.54, 1.807) is 0 Å². The molecule has 0 unspecified atom stereocenters. The molecule has 0 aromatic heterocycles. The first-order chi connectivity index (χ1) is 4.95. The standard InChI is InChI=1S/C4H9O6P/c1-9-4(5)2-3-10-11(6,7)8/h2-3H2,1H3,(H2,6,7,8). The molecule has 0 spiro atoms. The molecule has 0 saturated heterocycles. The highest BCUT2D eigenvalue weighted by atomic mass is 31.2. The molecule has 7 heteroatoms. The van der Waals surface area contributed by atoms with E-state index in [9.17, 15) is 9.36 Å². The number of hydrogen-bond donors (Lipinski definition) is 2. The zero-order chi connectivity index (χ0) is 8.91. The van der Waals surface area contributed by atoms with Crippen molar-refractivity contribution in [2.75, 3.05) is 13.7 Å². The van der Waals surface area contributed by atoms with Crippen molar-refractivity contribution in [1.82, 2.24) is 0 Å². The van der Waals surface area contributed by atoms with Crippen molar-refractivity contribution >= 4 is 13.8 Å². The van der Waals surface area contributed by atoms with Crippen molar-refractivity contribution in [2.24, 2.45) is 0 Å². The van der Waals surface area contributed by atoms with Gasteiger partial charge in [-0.05, 0) is 0 Å². The van der Waals surface area contributed by atoms with E-state index in [2.05, 4.69) is 9.26 Å². The van der Waals surface area contributed by atoms with Crippen molar-refractivity contribution in [1.29, 1.82) is 0 Å². The number of carbonyl (C=O) groups excluding carboxylic acids is 1. The van der Waals surface area contributed by atoms with Crippen LogP contribution in [0.2, 0.25) is 0 Å². The van der Waals surface area contributed by atoms with Gasteiger partial charge in [0.1, 0.15) is 0 Å². The summed E-state index contributed by atoms with van der Waals surface area (Å²) in [5, 5.41) is 0. The Morgan fingerprint density at radius 2 is 2.09 bits per heavy atom. The fourth-order valence-corrected chi connectivity index (χ4v) is 0.679. The summed E-state index contributed by atoms with van der Waals surface area (Å²) >= 11 is 0. The van der Waals surface area contributed by atoms with Gasteiger partial charge in [-0.25, -0.2) is 4.57 Å². The Hall–Kier alpha value is -0.420. The van der Waals surface area contributed by atoms with Gasteiger partial charge in [-0.1, -0.05) is 0 Å². The molecule has 0 saturated carbocycles. The van der Waals surface area contributed by atoms with Gasteiger partial charge in [0.25, 0.3) is 0 Å². The van der Waals surface area contributed by atoms with E-state index >= 15 is 0 Å². The van der Waals surface area contributed by atoms with Crippen molar-refractivity contribution in [3.8, 4) is 0 Å². The maximum atomic E-state index is 10.3. The number of rotatable bonds is 4. The highest BCUT2D eigenvalue weighted by molar-refractivity contribution is 7.46. The van der Waals surface area contributed by atoms with E-state index in [4.69, 9.17) is 9.79 Å². The van der Waals surface area contributed by atoms with Crippen LogP contribution in [0, 0.1) is 0 Å². The molecule has 0 aliphatic heterocycles. The SMILES string of the molecule is COC(=O)CCOP(=O)(O)O. The normalized spacial score (nSPS) is 11.2. The summed E-state index contributed by atoms with van der Waals surface area (Å²) in [6.07, 6.45) is -0.165. The molecule has 6 nitrogen and oxygen atoms in total. The first-order valence-corrected chi connectivity index (χ1v) is 4.25. The van der Waals surface area contributed by atoms with Gasteiger partial charge in [0.2, 0.25) is 0 Å². The van der Waals surface area contributed by atoms with E-state index in [0.717, 1.165) is 0 Å². The molecule has 0 aromatic rings. The van der Waals surface area contributed by atoms with Crippen molar-refractivity contribution in [3.63, 3.8) is 0 Å². The second-order valence-electron chi connectivity index (χ2n) is 1.65. The smallest absolute Gasteiger partial charge is 0.469 e. The molecule has 0 amide bonds. The van der Waals surface area contributed by atoms with Crippen LogP contribution in [-0.4, -0.2) is 29.5 Å². The van der Waals surface area contributed by atoms with Gasteiger partial charge in [-0.15, -0.1) is 0 Å². The number of methoxy groups -OCH3 is 1. The van der Waals surface area contributed by atoms with Crippen LogP contribution < -0.4 is 0 Å². The molecular formula is C4H9O6P. The number of ether oxygens (including phenoxy) is 1. The average Bonchev–Trinajstić information content (AvgIpc) is 1.85. The van der Waals surface area contributed by atoms with Crippen LogP contribution in [-0.2, 0) is 18.6 Å². The lowest BCUT2D eigenvalue weighted by atomic mass is 10.5. The molecule has 0 aliphatic rings. The highest BCUT2D eigenvalue weighted by Gasteiger charge is 2.14. The third kappa shape index (κ3) is 7.48. The summed E-state index contributed by atoms with van der Waals surface area (Å²) in [5.41, 5.74) is 0. The molecule has 0 radical (unpaired) electrons. The molecule has 0 heterocycles. The molecule has 0 atom stereocenters. The lowest BCUT2D eigenvalue weighted by molar-refractivity contribution is -0.141. The third-order valence-corrected chi connectivity index (χ3v) is 1.31. The van der Waals surface area contributed by atoms with Gasteiger partial charge >= 0.3 is 13.8 Å². The summed E-state index contributed by atoms with van der Waals surface area (Å²) in [5.74, 6) is -0.571. The maximum absolute atomic E-state index is 10.3. The number of esters is 1. The summed E-state index contributed by atoms with van der Waals surface area (Å²) in [6, 6.07) is 0. The Bertz CT molecular complexity index is 171. The minimum atomic E-state index is -4.44. The van der Waals surface area contributed by atoms with Gasteiger partial charge in [0, 0.05) is 0 Å². The molecule has 0 aliphatic carbocycles. The molecular weight excluding hydrogens is 175 g/mol. The highest BCUT2D eigenvalue weighted by Crippen LogP contribution is 2.35. The topological polar surface area (TPSA) is 93.1 Å². The number of hydrogen-bond acceptors (Lipinski definition) is 4. The molecule has 11 heavy (non-hydrogen) atoms. The molecule has 0 fully saturated rings. The van der Waals surface area contributed by atoms with Crippen LogP contribution >= 0.6 is 7.82 Å². The summed E-state index contributed by atoms with van der Waals surface area (Å²) in [7, 11) is -3.26. The van der Waals surface area contributed by atoms with E-state index in [0.29, 0.717) is 0 Å². The Labute approximate surface area is 63.4 Å². The Balaban J connectivity index is 3.43.